The summed E-state index contributed by atoms with van der Waals surface area (Å²) in [6.07, 6.45) is 0. The Morgan fingerprint density at radius 2 is 2.17 bits per heavy atom. The quantitative estimate of drug-likeness (QED) is 0.634. The van der Waals surface area contributed by atoms with E-state index in [9.17, 15) is 0 Å². The molecule has 0 aromatic heterocycles. The van der Waals surface area contributed by atoms with E-state index in [1.54, 1.807) is 0 Å². The van der Waals surface area contributed by atoms with Gasteiger partial charge in [-0.1, -0.05) is 19.0 Å². The Morgan fingerprint density at radius 1 is 1.50 bits per heavy atom. The molecule has 0 radical (unpaired) electrons. The average Bonchev–Trinajstić information content (AvgIpc) is 2.10. The molecule has 1 heterocycles. The van der Waals surface area contributed by atoms with Crippen molar-refractivity contribution in [3.63, 3.8) is 0 Å². The van der Waals surface area contributed by atoms with Crippen molar-refractivity contribution in [1.82, 2.24) is 0 Å². The summed E-state index contributed by atoms with van der Waals surface area (Å²) in [4.78, 5) is 5.02. The van der Waals surface area contributed by atoms with Crippen LogP contribution in [0, 0.1) is 5.92 Å². The fraction of sp³-hybridized carbons (Fsp3) is 0.875. The van der Waals surface area contributed by atoms with Gasteiger partial charge in [-0.25, -0.2) is 0 Å². The molecule has 0 aromatic carbocycles. The van der Waals surface area contributed by atoms with Gasteiger partial charge in [0.25, 0.3) is 0 Å². The van der Waals surface area contributed by atoms with Crippen LogP contribution < -0.4 is 5.73 Å². The van der Waals surface area contributed by atoms with E-state index in [2.05, 4.69) is 5.16 Å². The molecule has 1 aliphatic heterocycles. The first-order chi connectivity index (χ1) is 5.51. The van der Waals surface area contributed by atoms with Crippen LogP contribution in [0.3, 0.4) is 0 Å². The van der Waals surface area contributed by atoms with Gasteiger partial charge >= 0.3 is 0 Å². The van der Waals surface area contributed by atoms with E-state index in [0.29, 0.717) is 19.1 Å². The van der Waals surface area contributed by atoms with Crippen molar-refractivity contribution < 1.29 is 9.57 Å². The molecule has 70 valence electrons. The molecule has 1 aliphatic rings. The molecule has 4 heteroatoms. The molecule has 0 aliphatic carbocycles. The third-order valence-corrected chi connectivity index (χ3v) is 1.59. The predicted molar refractivity (Wildman–Crippen MR) is 46.8 cm³/mol. The molecule has 0 aromatic rings. The Kier molecular flexibility index (Phi) is 2.57. The van der Waals surface area contributed by atoms with Crippen LogP contribution in [-0.4, -0.2) is 24.7 Å². The number of rotatable bonds is 1. The van der Waals surface area contributed by atoms with E-state index in [0.717, 1.165) is 0 Å². The van der Waals surface area contributed by atoms with Crippen molar-refractivity contribution in [2.24, 2.45) is 16.8 Å². The fourth-order valence-corrected chi connectivity index (χ4v) is 0.822. The zero-order valence-corrected chi connectivity index (χ0v) is 7.83. The van der Waals surface area contributed by atoms with Crippen LogP contribution in [-0.2, 0) is 9.57 Å². The number of oxime groups is 1. The van der Waals surface area contributed by atoms with E-state index >= 15 is 0 Å². The predicted octanol–water partition coefficient (Wildman–Crippen LogP) is 0.720. The normalized spacial score (nSPS) is 30.2. The smallest absolute Gasteiger partial charge is 0.228 e. The highest BCUT2D eigenvalue weighted by Gasteiger charge is 2.25. The van der Waals surface area contributed by atoms with Gasteiger partial charge in [0.2, 0.25) is 5.90 Å². The van der Waals surface area contributed by atoms with Gasteiger partial charge in [-0.3, -0.25) is 0 Å². The summed E-state index contributed by atoms with van der Waals surface area (Å²) in [5, 5.41) is 3.83. The second-order valence-corrected chi connectivity index (χ2v) is 3.80. The van der Waals surface area contributed by atoms with Gasteiger partial charge < -0.3 is 15.3 Å². The Morgan fingerprint density at radius 3 is 2.75 bits per heavy atom. The molecule has 0 fully saturated rings. The molecule has 0 bridgehead atoms. The monoisotopic (exact) mass is 172 g/mol. The Labute approximate surface area is 72.7 Å². The van der Waals surface area contributed by atoms with Crippen molar-refractivity contribution in [3.05, 3.63) is 0 Å². The number of hydrogen-bond donors (Lipinski definition) is 1. The molecule has 1 rings (SSSR count). The molecule has 0 saturated carbocycles. The largest absolute Gasteiger partial charge is 0.476 e. The molecule has 1 atom stereocenters. The van der Waals surface area contributed by atoms with E-state index in [4.69, 9.17) is 15.3 Å². The Hall–Kier alpha value is -0.770. The van der Waals surface area contributed by atoms with Crippen molar-refractivity contribution in [2.75, 3.05) is 13.2 Å². The molecule has 0 amide bonds. The van der Waals surface area contributed by atoms with E-state index in [1.165, 1.54) is 0 Å². The molecule has 0 saturated heterocycles. The maximum Gasteiger partial charge on any atom is 0.228 e. The summed E-state index contributed by atoms with van der Waals surface area (Å²) < 4.78 is 5.38. The summed E-state index contributed by atoms with van der Waals surface area (Å²) in [6, 6.07) is 0. The van der Waals surface area contributed by atoms with Crippen LogP contribution in [0.5, 0.6) is 0 Å². The second kappa shape index (κ2) is 3.31. The highest BCUT2D eigenvalue weighted by atomic mass is 16.7. The van der Waals surface area contributed by atoms with Crippen molar-refractivity contribution in [2.45, 2.75) is 26.3 Å². The van der Waals surface area contributed by atoms with Crippen molar-refractivity contribution >= 4 is 5.90 Å². The fourth-order valence-electron chi connectivity index (χ4n) is 0.822. The minimum Gasteiger partial charge on any atom is -0.476 e. The lowest BCUT2D eigenvalue weighted by Gasteiger charge is -2.19. The van der Waals surface area contributed by atoms with Gasteiger partial charge in [0, 0.05) is 5.92 Å². The van der Waals surface area contributed by atoms with Crippen LogP contribution in [0.4, 0.5) is 0 Å². The number of nitrogens with zero attached hydrogens (tertiary/aromatic N) is 1. The summed E-state index contributed by atoms with van der Waals surface area (Å²) >= 11 is 0. The first kappa shape index (κ1) is 9.32. The van der Waals surface area contributed by atoms with E-state index in [-0.39, 0.29) is 5.92 Å². The number of ether oxygens (including phenoxy) is 1. The first-order valence-electron chi connectivity index (χ1n) is 4.13. The van der Waals surface area contributed by atoms with Gasteiger partial charge in [-0.2, -0.15) is 0 Å². The number of nitrogens with two attached hydrogens (primary N) is 1. The third kappa shape index (κ3) is 2.37. The van der Waals surface area contributed by atoms with Gasteiger partial charge in [-0.15, -0.1) is 0 Å². The lowest BCUT2D eigenvalue weighted by molar-refractivity contribution is 0.0971. The second-order valence-electron chi connectivity index (χ2n) is 3.80. The molecule has 2 N–H and O–H groups in total. The Balaban J connectivity index is 2.56. The minimum absolute atomic E-state index is 0.249. The molecular formula is C8H16N2O2. The first-order valence-corrected chi connectivity index (χ1v) is 4.13. The zero-order valence-electron chi connectivity index (χ0n) is 7.83. The molecule has 12 heavy (non-hydrogen) atoms. The van der Waals surface area contributed by atoms with Gasteiger partial charge in [-0.05, 0) is 6.92 Å². The van der Waals surface area contributed by atoms with Crippen LogP contribution in [0.25, 0.3) is 0 Å². The minimum atomic E-state index is -0.430. The van der Waals surface area contributed by atoms with Crippen LogP contribution in [0.1, 0.15) is 20.8 Å². The van der Waals surface area contributed by atoms with Crippen LogP contribution in [0.2, 0.25) is 0 Å². The summed E-state index contributed by atoms with van der Waals surface area (Å²) in [5.41, 5.74) is 5.39. The SMILES string of the molecule is CC(C)C1=NOCC(C)(N)CO1. The summed E-state index contributed by atoms with van der Waals surface area (Å²) in [7, 11) is 0. The topological polar surface area (TPSA) is 56.8 Å². The van der Waals surface area contributed by atoms with Crippen LogP contribution in [0.15, 0.2) is 5.16 Å². The molecular weight excluding hydrogens is 156 g/mol. The molecule has 0 spiro atoms. The molecule has 4 nitrogen and oxygen atoms in total. The third-order valence-electron chi connectivity index (χ3n) is 1.59. The van der Waals surface area contributed by atoms with Gasteiger partial charge in [0.1, 0.15) is 13.2 Å². The average molecular weight is 172 g/mol. The van der Waals surface area contributed by atoms with Gasteiger partial charge in [0.05, 0.1) is 5.54 Å². The van der Waals surface area contributed by atoms with Crippen molar-refractivity contribution in [3.8, 4) is 0 Å². The highest BCUT2D eigenvalue weighted by Crippen LogP contribution is 2.10. The molecule has 1 unspecified atom stereocenters. The maximum atomic E-state index is 5.82. The van der Waals surface area contributed by atoms with E-state index < -0.39 is 5.54 Å². The lowest BCUT2D eigenvalue weighted by Crippen LogP contribution is -2.44. The number of hydrogen-bond acceptors (Lipinski definition) is 4. The maximum absolute atomic E-state index is 5.82. The Bertz CT molecular complexity index is 187. The van der Waals surface area contributed by atoms with Gasteiger partial charge in [0.15, 0.2) is 0 Å². The zero-order chi connectivity index (χ0) is 9.19. The van der Waals surface area contributed by atoms with Crippen molar-refractivity contribution in [1.29, 1.82) is 0 Å². The standard InChI is InChI=1S/C8H16N2O2/c1-6(2)7-10-12-5-8(3,9)4-11-7/h6H,4-5,9H2,1-3H3. The lowest BCUT2D eigenvalue weighted by atomic mass is 10.1. The van der Waals surface area contributed by atoms with Crippen LogP contribution >= 0.6 is 0 Å². The highest BCUT2D eigenvalue weighted by molar-refractivity contribution is 5.77. The van der Waals surface area contributed by atoms with E-state index in [1.807, 2.05) is 20.8 Å². The summed E-state index contributed by atoms with van der Waals surface area (Å²) in [5.74, 6) is 0.878. The summed E-state index contributed by atoms with van der Waals surface area (Å²) in [6.45, 7) is 6.75.